The molecule has 2 heteroatoms. The largest absolute Gasteiger partial charge is 0.300 e. The zero-order valence-corrected chi connectivity index (χ0v) is 9.93. The van der Waals surface area contributed by atoms with Gasteiger partial charge in [-0.25, -0.2) is 0 Å². The van der Waals surface area contributed by atoms with Crippen molar-refractivity contribution in [3.8, 4) is 0 Å². The third-order valence-electron chi connectivity index (χ3n) is 4.42. The van der Waals surface area contributed by atoms with Gasteiger partial charge in [-0.15, -0.1) is 0 Å². The maximum Gasteiger partial charge on any atom is 0.136 e. The quantitative estimate of drug-likeness (QED) is 0.779. The van der Waals surface area contributed by atoms with Crippen LogP contribution in [-0.2, 0) is 9.59 Å². The van der Waals surface area contributed by atoms with Crippen molar-refractivity contribution in [1.29, 1.82) is 0 Å². The minimum absolute atomic E-state index is 0.0695. The van der Waals surface area contributed by atoms with Crippen molar-refractivity contribution in [2.24, 2.45) is 17.8 Å². The second-order valence-electron chi connectivity index (χ2n) is 5.35. The van der Waals surface area contributed by atoms with Gasteiger partial charge in [0, 0.05) is 24.2 Å². The molecule has 2 aliphatic carbocycles. The number of hydrogen-bond acceptors (Lipinski definition) is 2. The van der Waals surface area contributed by atoms with E-state index < -0.39 is 0 Å². The summed E-state index contributed by atoms with van der Waals surface area (Å²) in [5.41, 5.74) is 1.16. The van der Waals surface area contributed by atoms with Crippen LogP contribution in [-0.4, -0.2) is 11.6 Å². The molecule has 0 radical (unpaired) electrons. The number of benzene rings is 1. The number of carbonyl (C=O) groups is 2. The highest BCUT2D eigenvalue weighted by molar-refractivity contribution is 5.91. The molecule has 0 N–H and O–H groups in total. The standard InChI is InChI=1S/C15H16O2/c1-9(16)14-11-7-12(13(17)8-11)15(14)10-5-3-2-4-6-10/h2-6,11-12,14-15H,7-8H2,1H3. The molecule has 2 aliphatic rings. The monoisotopic (exact) mass is 228 g/mol. The molecule has 17 heavy (non-hydrogen) atoms. The van der Waals surface area contributed by atoms with Crippen molar-refractivity contribution in [2.75, 3.05) is 0 Å². The maximum absolute atomic E-state index is 11.9. The summed E-state index contributed by atoms with van der Waals surface area (Å²) in [6, 6.07) is 10.1. The summed E-state index contributed by atoms with van der Waals surface area (Å²) in [6.45, 7) is 1.67. The first-order valence-corrected chi connectivity index (χ1v) is 6.26. The van der Waals surface area contributed by atoms with Gasteiger partial charge in [-0.05, 0) is 24.8 Å². The normalized spacial score (nSPS) is 35.2. The Balaban J connectivity index is 2.01. The molecular formula is C15H16O2. The number of Topliss-reactive ketones (excluding diaryl/α,β-unsaturated/α-hetero) is 2. The van der Waals surface area contributed by atoms with Crippen molar-refractivity contribution in [3.05, 3.63) is 35.9 Å². The fourth-order valence-electron chi connectivity index (χ4n) is 3.81. The summed E-state index contributed by atoms with van der Waals surface area (Å²) in [4.78, 5) is 23.7. The van der Waals surface area contributed by atoms with Crippen molar-refractivity contribution >= 4 is 11.6 Å². The lowest BCUT2D eigenvalue weighted by atomic mass is 9.73. The Labute approximate surface area is 101 Å². The Kier molecular flexibility index (Phi) is 2.39. The van der Waals surface area contributed by atoms with E-state index in [0.29, 0.717) is 18.1 Å². The topological polar surface area (TPSA) is 34.1 Å². The molecule has 1 aromatic carbocycles. The lowest BCUT2D eigenvalue weighted by Gasteiger charge is -2.28. The summed E-state index contributed by atoms with van der Waals surface area (Å²) in [7, 11) is 0. The molecule has 0 saturated heterocycles. The fraction of sp³-hybridized carbons (Fsp3) is 0.467. The highest BCUT2D eigenvalue weighted by atomic mass is 16.1. The summed E-state index contributed by atoms with van der Waals surface area (Å²) < 4.78 is 0. The predicted octanol–water partition coefficient (Wildman–Crippen LogP) is 2.58. The Morgan fingerprint density at radius 2 is 1.94 bits per heavy atom. The molecule has 0 aromatic heterocycles. The van der Waals surface area contributed by atoms with Crippen LogP contribution in [0.3, 0.4) is 0 Å². The number of carbonyl (C=O) groups excluding carboxylic acids is 2. The van der Waals surface area contributed by atoms with Crippen LogP contribution in [0.5, 0.6) is 0 Å². The van der Waals surface area contributed by atoms with Crippen LogP contribution in [0.4, 0.5) is 0 Å². The van der Waals surface area contributed by atoms with Gasteiger partial charge in [0.05, 0.1) is 0 Å². The molecule has 0 spiro atoms. The first-order chi connectivity index (χ1) is 8.18. The number of hydrogen-bond donors (Lipinski definition) is 0. The zero-order valence-electron chi connectivity index (χ0n) is 9.93. The van der Waals surface area contributed by atoms with Gasteiger partial charge in [-0.1, -0.05) is 30.3 Å². The molecule has 2 bridgehead atoms. The fourth-order valence-corrected chi connectivity index (χ4v) is 3.81. The van der Waals surface area contributed by atoms with Crippen LogP contribution < -0.4 is 0 Å². The second kappa shape index (κ2) is 3.80. The molecule has 2 fully saturated rings. The van der Waals surface area contributed by atoms with Crippen molar-refractivity contribution in [1.82, 2.24) is 0 Å². The van der Waals surface area contributed by atoms with E-state index >= 15 is 0 Å². The smallest absolute Gasteiger partial charge is 0.136 e. The van der Waals surface area contributed by atoms with E-state index in [-0.39, 0.29) is 23.5 Å². The van der Waals surface area contributed by atoms with E-state index in [4.69, 9.17) is 0 Å². The number of fused-ring (bicyclic) bond motifs is 2. The van der Waals surface area contributed by atoms with Crippen molar-refractivity contribution in [2.45, 2.75) is 25.7 Å². The average Bonchev–Trinajstić information content (AvgIpc) is 2.86. The molecule has 0 amide bonds. The Morgan fingerprint density at radius 1 is 1.24 bits per heavy atom. The molecule has 0 aliphatic heterocycles. The third-order valence-corrected chi connectivity index (χ3v) is 4.42. The molecule has 2 saturated carbocycles. The van der Waals surface area contributed by atoms with Crippen LogP contribution in [0.2, 0.25) is 0 Å². The molecule has 1 aromatic rings. The predicted molar refractivity (Wildman–Crippen MR) is 64.6 cm³/mol. The lowest BCUT2D eigenvalue weighted by molar-refractivity contribution is -0.127. The van der Waals surface area contributed by atoms with E-state index in [1.54, 1.807) is 6.92 Å². The third kappa shape index (κ3) is 1.54. The van der Waals surface area contributed by atoms with E-state index in [2.05, 4.69) is 12.1 Å². The van der Waals surface area contributed by atoms with Crippen LogP contribution in [0.25, 0.3) is 0 Å². The van der Waals surface area contributed by atoms with Gasteiger partial charge in [0.2, 0.25) is 0 Å². The van der Waals surface area contributed by atoms with Crippen LogP contribution >= 0.6 is 0 Å². The summed E-state index contributed by atoms with van der Waals surface area (Å²) in [6.07, 6.45) is 1.54. The van der Waals surface area contributed by atoms with Crippen LogP contribution in [0.1, 0.15) is 31.2 Å². The van der Waals surface area contributed by atoms with Gasteiger partial charge in [0.1, 0.15) is 11.6 Å². The lowest BCUT2D eigenvalue weighted by Crippen LogP contribution is -2.30. The summed E-state index contributed by atoms with van der Waals surface area (Å²) >= 11 is 0. The van der Waals surface area contributed by atoms with E-state index in [9.17, 15) is 9.59 Å². The Morgan fingerprint density at radius 3 is 2.59 bits per heavy atom. The van der Waals surface area contributed by atoms with E-state index in [0.717, 1.165) is 12.0 Å². The summed E-state index contributed by atoms with van der Waals surface area (Å²) in [5, 5.41) is 0. The minimum atomic E-state index is 0.0695. The molecule has 88 valence electrons. The van der Waals surface area contributed by atoms with Crippen LogP contribution in [0, 0.1) is 17.8 Å². The maximum atomic E-state index is 11.9. The second-order valence-corrected chi connectivity index (χ2v) is 5.35. The van der Waals surface area contributed by atoms with Gasteiger partial charge in [0.25, 0.3) is 0 Å². The molecular weight excluding hydrogens is 212 g/mol. The summed E-state index contributed by atoms with van der Waals surface area (Å²) in [5.74, 6) is 1.21. The van der Waals surface area contributed by atoms with E-state index in [1.807, 2.05) is 18.2 Å². The minimum Gasteiger partial charge on any atom is -0.300 e. The highest BCUT2D eigenvalue weighted by Gasteiger charge is 2.54. The number of rotatable bonds is 2. The SMILES string of the molecule is CC(=O)C1C2CC(=O)C(C2)C1c1ccccc1. The van der Waals surface area contributed by atoms with E-state index in [1.165, 1.54) is 0 Å². The average molecular weight is 228 g/mol. The molecule has 4 unspecified atom stereocenters. The van der Waals surface area contributed by atoms with Gasteiger partial charge in [0.15, 0.2) is 0 Å². The molecule has 3 rings (SSSR count). The number of ketones is 2. The van der Waals surface area contributed by atoms with Crippen molar-refractivity contribution < 1.29 is 9.59 Å². The molecule has 0 heterocycles. The molecule has 4 atom stereocenters. The Bertz CT molecular complexity index is 463. The van der Waals surface area contributed by atoms with Crippen molar-refractivity contribution in [3.63, 3.8) is 0 Å². The first kappa shape index (κ1) is 10.7. The first-order valence-electron chi connectivity index (χ1n) is 6.26. The zero-order chi connectivity index (χ0) is 12.0. The van der Waals surface area contributed by atoms with Gasteiger partial charge >= 0.3 is 0 Å². The van der Waals surface area contributed by atoms with Gasteiger partial charge < -0.3 is 0 Å². The van der Waals surface area contributed by atoms with Crippen LogP contribution in [0.15, 0.2) is 30.3 Å². The van der Waals surface area contributed by atoms with Gasteiger partial charge in [-0.3, -0.25) is 9.59 Å². The highest BCUT2D eigenvalue weighted by Crippen LogP contribution is 2.55. The van der Waals surface area contributed by atoms with Gasteiger partial charge in [-0.2, -0.15) is 0 Å². The molecule has 2 nitrogen and oxygen atoms in total. The Hall–Kier alpha value is -1.44.